The number of hydrogen-bond donors (Lipinski definition) is 1. The molecular formula is C18H18ClN3O6. The smallest absolute Gasteiger partial charge is 0.288 e. The summed E-state index contributed by atoms with van der Waals surface area (Å²) >= 11 is 5.80. The lowest BCUT2D eigenvalue weighted by molar-refractivity contribution is -0.384. The summed E-state index contributed by atoms with van der Waals surface area (Å²) in [4.78, 5) is 22.9. The fourth-order valence-corrected chi connectivity index (χ4v) is 2.54. The molecule has 28 heavy (non-hydrogen) atoms. The third-order valence-corrected chi connectivity index (χ3v) is 4.13. The van der Waals surface area contributed by atoms with E-state index in [1.165, 1.54) is 45.6 Å². The minimum Gasteiger partial charge on any atom is -0.493 e. The second kappa shape index (κ2) is 9.05. The molecule has 2 aromatic carbocycles. The Labute approximate surface area is 166 Å². The molecule has 0 fully saturated rings. The monoisotopic (exact) mass is 407 g/mol. The van der Waals surface area contributed by atoms with Gasteiger partial charge in [0.1, 0.15) is 5.02 Å². The van der Waals surface area contributed by atoms with Crippen LogP contribution in [0.1, 0.15) is 22.8 Å². The number of halogens is 1. The van der Waals surface area contributed by atoms with Crippen LogP contribution in [0.15, 0.2) is 35.4 Å². The van der Waals surface area contributed by atoms with Crippen LogP contribution in [-0.4, -0.2) is 37.9 Å². The molecule has 1 N–H and O–H groups in total. The number of rotatable bonds is 7. The fraction of sp³-hybridized carbons (Fsp3) is 0.222. The molecule has 10 heteroatoms. The maximum Gasteiger partial charge on any atom is 0.288 e. The highest BCUT2D eigenvalue weighted by Gasteiger charge is 2.17. The van der Waals surface area contributed by atoms with Gasteiger partial charge >= 0.3 is 0 Å². The number of nitrogens with one attached hydrogen (secondary N) is 1. The van der Waals surface area contributed by atoms with Gasteiger partial charge in [0.05, 0.1) is 32.0 Å². The lowest BCUT2D eigenvalue weighted by atomic mass is 10.1. The van der Waals surface area contributed by atoms with Gasteiger partial charge in [0.25, 0.3) is 11.6 Å². The third kappa shape index (κ3) is 4.49. The minimum absolute atomic E-state index is 0.0167. The lowest BCUT2D eigenvalue weighted by Gasteiger charge is -2.13. The van der Waals surface area contributed by atoms with Crippen molar-refractivity contribution in [2.75, 3.05) is 21.3 Å². The summed E-state index contributed by atoms with van der Waals surface area (Å²) in [5.41, 5.74) is 3.19. The van der Waals surface area contributed by atoms with Crippen LogP contribution in [0.3, 0.4) is 0 Å². The predicted octanol–water partition coefficient (Wildman–Crippen LogP) is 3.43. The van der Waals surface area contributed by atoms with Gasteiger partial charge < -0.3 is 14.2 Å². The molecule has 0 radical (unpaired) electrons. The Bertz CT molecular complexity index is 920. The fourth-order valence-electron chi connectivity index (χ4n) is 2.35. The predicted molar refractivity (Wildman–Crippen MR) is 104 cm³/mol. The van der Waals surface area contributed by atoms with Crippen LogP contribution in [0.4, 0.5) is 5.69 Å². The van der Waals surface area contributed by atoms with Gasteiger partial charge in [-0.1, -0.05) is 17.7 Å². The Morgan fingerprint density at radius 1 is 1.07 bits per heavy atom. The zero-order valence-electron chi connectivity index (χ0n) is 15.6. The van der Waals surface area contributed by atoms with E-state index < -0.39 is 10.8 Å². The van der Waals surface area contributed by atoms with Gasteiger partial charge in [-0.2, -0.15) is 5.10 Å². The van der Waals surface area contributed by atoms with Crippen LogP contribution in [0, 0.1) is 10.1 Å². The van der Waals surface area contributed by atoms with Gasteiger partial charge in [0.15, 0.2) is 11.5 Å². The quantitative estimate of drug-likeness (QED) is 0.427. The standard InChI is InChI=1S/C18H18ClN3O6/c1-10(11-5-6-13(19)14(7-11)22(24)25)20-21-18(23)12-8-15(26-2)17(28-4)16(9-12)27-3/h5-9H,1-4H3,(H,21,23)/b20-10+. The summed E-state index contributed by atoms with van der Waals surface area (Å²) in [6, 6.07) is 7.21. The first kappa shape index (κ1) is 21.0. The first-order valence-corrected chi connectivity index (χ1v) is 8.29. The molecule has 0 heterocycles. The van der Waals surface area contributed by atoms with Gasteiger partial charge in [-0.15, -0.1) is 0 Å². The largest absolute Gasteiger partial charge is 0.493 e. The molecule has 1 amide bonds. The number of nitro benzene ring substituents is 1. The number of benzene rings is 2. The van der Waals surface area contributed by atoms with Gasteiger partial charge in [-0.25, -0.2) is 5.43 Å². The first-order valence-electron chi connectivity index (χ1n) is 7.91. The van der Waals surface area contributed by atoms with Crippen molar-refractivity contribution in [1.29, 1.82) is 0 Å². The van der Waals surface area contributed by atoms with E-state index in [1.807, 2.05) is 0 Å². The molecule has 0 aliphatic rings. The molecule has 148 valence electrons. The molecule has 0 aliphatic carbocycles. The summed E-state index contributed by atoms with van der Waals surface area (Å²) < 4.78 is 15.6. The molecule has 0 atom stereocenters. The van der Waals surface area contributed by atoms with Crippen molar-refractivity contribution in [2.24, 2.45) is 5.10 Å². The summed E-state index contributed by atoms with van der Waals surface area (Å²) in [7, 11) is 4.34. The highest BCUT2D eigenvalue weighted by Crippen LogP contribution is 2.38. The average molecular weight is 408 g/mol. The molecule has 0 aliphatic heterocycles. The van der Waals surface area contributed by atoms with Crippen molar-refractivity contribution in [3.05, 3.63) is 56.6 Å². The number of nitro groups is 1. The number of nitrogens with zero attached hydrogens (tertiary/aromatic N) is 2. The molecular weight excluding hydrogens is 390 g/mol. The topological polar surface area (TPSA) is 112 Å². The summed E-state index contributed by atoms with van der Waals surface area (Å²) in [6.07, 6.45) is 0. The SMILES string of the molecule is COc1cc(C(=O)N/N=C(\C)c2ccc(Cl)c([N+](=O)[O-])c2)cc(OC)c1OC. The van der Waals surface area contributed by atoms with Crippen molar-refractivity contribution in [3.63, 3.8) is 0 Å². The summed E-state index contributed by atoms with van der Waals surface area (Å²) in [6.45, 7) is 1.60. The van der Waals surface area contributed by atoms with Crippen molar-refractivity contribution in [1.82, 2.24) is 5.43 Å². The van der Waals surface area contributed by atoms with Crippen LogP contribution in [0.25, 0.3) is 0 Å². The average Bonchev–Trinajstić information content (AvgIpc) is 2.70. The van der Waals surface area contributed by atoms with Gasteiger partial charge in [0.2, 0.25) is 5.75 Å². The lowest BCUT2D eigenvalue weighted by Crippen LogP contribution is -2.19. The van der Waals surface area contributed by atoms with Crippen LogP contribution in [-0.2, 0) is 0 Å². The van der Waals surface area contributed by atoms with E-state index in [0.29, 0.717) is 28.5 Å². The van der Waals surface area contributed by atoms with Crippen LogP contribution < -0.4 is 19.6 Å². The number of carbonyl (C=O) groups is 1. The Morgan fingerprint density at radius 3 is 2.18 bits per heavy atom. The molecule has 0 saturated heterocycles. The van der Waals surface area contributed by atoms with Crippen LogP contribution >= 0.6 is 11.6 Å². The highest BCUT2D eigenvalue weighted by atomic mass is 35.5. The maximum atomic E-state index is 12.4. The molecule has 0 saturated carbocycles. The van der Waals surface area contributed by atoms with Crippen LogP contribution in [0.5, 0.6) is 17.2 Å². The number of hydrogen-bond acceptors (Lipinski definition) is 7. The van der Waals surface area contributed by atoms with Crippen molar-refractivity contribution < 1.29 is 23.9 Å². The van der Waals surface area contributed by atoms with Crippen molar-refractivity contribution >= 4 is 28.9 Å². The number of amides is 1. The second-order valence-corrected chi connectivity index (χ2v) is 5.88. The summed E-state index contributed by atoms with van der Waals surface area (Å²) in [5.74, 6) is 0.471. The van der Waals surface area contributed by atoms with E-state index in [1.54, 1.807) is 13.0 Å². The Hall–Kier alpha value is -3.33. The third-order valence-electron chi connectivity index (χ3n) is 3.81. The molecule has 2 aromatic rings. The molecule has 0 aromatic heterocycles. The van der Waals surface area contributed by atoms with E-state index >= 15 is 0 Å². The second-order valence-electron chi connectivity index (χ2n) is 5.48. The zero-order valence-corrected chi connectivity index (χ0v) is 16.4. The molecule has 2 rings (SSSR count). The molecule has 0 unspecified atom stereocenters. The van der Waals surface area contributed by atoms with E-state index in [2.05, 4.69) is 10.5 Å². The number of ether oxygens (including phenoxy) is 3. The van der Waals surface area contributed by atoms with E-state index in [-0.39, 0.29) is 16.3 Å². The van der Waals surface area contributed by atoms with E-state index in [0.717, 1.165) is 0 Å². The number of carbonyl (C=O) groups excluding carboxylic acids is 1. The normalized spacial score (nSPS) is 11.0. The number of methoxy groups -OCH3 is 3. The van der Waals surface area contributed by atoms with Crippen LogP contribution in [0.2, 0.25) is 5.02 Å². The summed E-state index contributed by atoms with van der Waals surface area (Å²) in [5, 5.41) is 15.0. The Balaban J connectivity index is 2.28. The van der Waals surface area contributed by atoms with Crippen molar-refractivity contribution in [2.45, 2.75) is 6.92 Å². The number of hydrazone groups is 1. The first-order chi connectivity index (χ1) is 13.3. The van der Waals surface area contributed by atoms with E-state index in [4.69, 9.17) is 25.8 Å². The molecule has 9 nitrogen and oxygen atoms in total. The highest BCUT2D eigenvalue weighted by molar-refractivity contribution is 6.32. The molecule has 0 bridgehead atoms. The maximum absolute atomic E-state index is 12.4. The zero-order chi connectivity index (χ0) is 20.8. The van der Waals surface area contributed by atoms with Gasteiger partial charge in [-0.05, 0) is 25.1 Å². The van der Waals surface area contributed by atoms with Crippen molar-refractivity contribution in [3.8, 4) is 17.2 Å². The minimum atomic E-state index is -0.590. The van der Waals surface area contributed by atoms with E-state index in [9.17, 15) is 14.9 Å². The Morgan fingerprint density at radius 2 is 1.68 bits per heavy atom. The molecule has 0 spiro atoms. The van der Waals surface area contributed by atoms with Gasteiger partial charge in [0, 0.05) is 17.2 Å². The Kier molecular flexibility index (Phi) is 6.78. The van der Waals surface area contributed by atoms with Gasteiger partial charge in [-0.3, -0.25) is 14.9 Å².